The van der Waals surface area contributed by atoms with Gasteiger partial charge in [0, 0.05) is 6.04 Å². The predicted molar refractivity (Wildman–Crippen MR) is 106 cm³/mol. The summed E-state index contributed by atoms with van der Waals surface area (Å²) >= 11 is 0. The Morgan fingerprint density at radius 1 is 0.741 bits per heavy atom. The van der Waals surface area contributed by atoms with Gasteiger partial charge in [-0.15, -0.1) is 0 Å². The molecule has 0 bridgehead atoms. The second kappa shape index (κ2) is 7.58. The van der Waals surface area contributed by atoms with Crippen molar-refractivity contribution in [2.75, 3.05) is 0 Å². The molecule has 0 radical (unpaired) electrons. The lowest BCUT2D eigenvalue weighted by atomic mass is 9.90. The number of nitrogens with two attached hydrogens (primary N) is 1. The standard InChI is InChI=1S/C20H23NO4S2/c1-2-15-13-14-18(21)20(27(24,25)17-11-7-4-8-12-17)19(15)26(22,23)16-9-5-3-6-10-16/h3-15,18-20H,2,21H2,1H3/t15-,18-,19-,20-/m0/s1. The first-order chi connectivity index (χ1) is 12.8. The molecule has 2 aromatic carbocycles. The molecule has 27 heavy (non-hydrogen) atoms. The van der Waals surface area contributed by atoms with E-state index in [1.165, 1.54) is 24.3 Å². The molecule has 2 aromatic rings. The van der Waals surface area contributed by atoms with Crippen molar-refractivity contribution in [3.05, 3.63) is 72.8 Å². The Labute approximate surface area is 160 Å². The Morgan fingerprint density at radius 2 is 1.19 bits per heavy atom. The molecule has 0 saturated carbocycles. The smallest absolute Gasteiger partial charge is 0.184 e. The summed E-state index contributed by atoms with van der Waals surface area (Å²) < 4.78 is 53.6. The van der Waals surface area contributed by atoms with E-state index in [0.717, 1.165) is 0 Å². The highest BCUT2D eigenvalue weighted by Gasteiger charge is 2.50. The molecule has 0 fully saturated rings. The number of sulfone groups is 2. The fraction of sp³-hybridized carbons (Fsp3) is 0.300. The van der Waals surface area contributed by atoms with Crippen LogP contribution in [-0.2, 0) is 19.7 Å². The number of hydrogen-bond donors (Lipinski definition) is 1. The van der Waals surface area contributed by atoms with E-state index in [2.05, 4.69) is 0 Å². The van der Waals surface area contributed by atoms with E-state index >= 15 is 0 Å². The highest BCUT2D eigenvalue weighted by atomic mass is 32.2. The minimum absolute atomic E-state index is 0.0869. The van der Waals surface area contributed by atoms with Crippen LogP contribution in [0, 0.1) is 5.92 Å². The van der Waals surface area contributed by atoms with Crippen LogP contribution in [-0.4, -0.2) is 33.4 Å². The molecule has 144 valence electrons. The first kappa shape index (κ1) is 19.8. The van der Waals surface area contributed by atoms with Crippen molar-refractivity contribution >= 4 is 19.7 Å². The van der Waals surface area contributed by atoms with Crippen LogP contribution in [0.3, 0.4) is 0 Å². The van der Waals surface area contributed by atoms with Crippen molar-refractivity contribution in [3.8, 4) is 0 Å². The zero-order valence-electron chi connectivity index (χ0n) is 15.0. The van der Waals surface area contributed by atoms with Gasteiger partial charge in [-0.05, 0) is 36.6 Å². The quantitative estimate of drug-likeness (QED) is 0.772. The summed E-state index contributed by atoms with van der Waals surface area (Å²) in [6.45, 7) is 1.85. The molecule has 0 heterocycles. The van der Waals surface area contributed by atoms with Gasteiger partial charge in [0.2, 0.25) is 0 Å². The molecule has 7 heteroatoms. The summed E-state index contributed by atoms with van der Waals surface area (Å²) in [5.74, 6) is -0.432. The van der Waals surface area contributed by atoms with Gasteiger partial charge >= 0.3 is 0 Å². The van der Waals surface area contributed by atoms with Crippen molar-refractivity contribution < 1.29 is 16.8 Å². The van der Waals surface area contributed by atoms with Gasteiger partial charge in [0.25, 0.3) is 0 Å². The first-order valence-corrected chi connectivity index (χ1v) is 11.9. The third-order valence-electron chi connectivity index (χ3n) is 5.04. The average molecular weight is 406 g/mol. The molecule has 0 amide bonds. The number of benzene rings is 2. The summed E-state index contributed by atoms with van der Waals surface area (Å²) in [5.41, 5.74) is 6.15. The molecule has 0 unspecified atom stereocenters. The van der Waals surface area contributed by atoms with Gasteiger partial charge in [-0.3, -0.25) is 0 Å². The van der Waals surface area contributed by atoms with Crippen LogP contribution in [0.2, 0.25) is 0 Å². The van der Waals surface area contributed by atoms with Crippen molar-refractivity contribution in [2.24, 2.45) is 11.7 Å². The monoisotopic (exact) mass is 405 g/mol. The van der Waals surface area contributed by atoms with Gasteiger partial charge in [-0.2, -0.15) is 0 Å². The molecule has 0 aromatic heterocycles. The third-order valence-corrected chi connectivity index (χ3v) is 9.75. The van der Waals surface area contributed by atoms with Crippen LogP contribution in [0.1, 0.15) is 13.3 Å². The van der Waals surface area contributed by atoms with Crippen molar-refractivity contribution in [2.45, 2.75) is 39.7 Å². The highest BCUT2D eigenvalue weighted by Crippen LogP contribution is 2.36. The second-order valence-electron chi connectivity index (χ2n) is 6.68. The van der Waals surface area contributed by atoms with E-state index in [1.807, 2.05) is 6.92 Å². The summed E-state index contributed by atoms with van der Waals surface area (Å²) in [5, 5.41) is -2.39. The van der Waals surface area contributed by atoms with Crippen LogP contribution < -0.4 is 5.73 Å². The molecule has 0 saturated heterocycles. The topological polar surface area (TPSA) is 94.3 Å². The summed E-state index contributed by atoms with van der Waals surface area (Å²) in [6, 6.07) is 15.0. The number of allylic oxidation sites excluding steroid dienone is 1. The maximum atomic E-state index is 13.4. The maximum Gasteiger partial charge on any atom is 0.184 e. The third kappa shape index (κ3) is 3.59. The minimum Gasteiger partial charge on any atom is -0.323 e. The van der Waals surface area contributed by atoms with Gasteiger partial charge < -0.3 is 5.73 Å². The van der Waals surface area contributed by atoms with Crippen molar-refractivity contribution in [1.29, 1.82) is 0 Å². The summed E-state index contributed by atoms with van der Waals surface area (Å²) in [7, 11) is -7.86. The van der Waals surface area contributed by atoms with E-state index in [4.69, 9.17) is 5.73 Å². The van der Waals surface area contributed by atoms with Gasteiger partial charge in [0.05, 0.1) is 15.0 Å². The average Bonchev–Trinajstić information content (AvgIpc) is 2.69. The Hall–Kier alpha value is -1.96. The van der Waals surface area contributed by atoms with Gasteiger partial charge in [-0.25, -0.2) is 16.8 Å². The largest absolute Gasteiger partial charge is 0.323 e. The van der Waals surface area contributed by atoms with Crippen LogP contribution in [0.15, 0.2) is 82.6 Å². The second-order valence-corrected chi connectivity index (χ2v) is 10.9. The molecule has 1 aliphatic carbocycles. The first-order valence-electron chi connectivity index (χ1n) is 8.82. The molecule has 3 rings (SSSR count). The Morgan fingerprint density at radius 3 is 1.63 bits per heavy atom. The Kier molecular flexibility index (Phi) is 5.55. The fourth-order valence-electron chi connectivity index (χ4n) is 3.65. The van der Waals surface area contributed by atoms with Crippen LogP contribution in [0.4, 0.5) is 0 Å². The zero-order valence-corrected chi connectivity index (χ0v) is 16.6. The van der Waals surface area contributed by atoms with E-state index < -0.39 is 42.1 Å². The normalized spacial score (nSPS) is 26.0. The highest BCUT2D eigenvalue weighted by molar-refractivity contribution is 7.96. The van der Waals surface area contributed by atoms with Crippen molar-refractivity contribution in [3.63, 3.8) is 0 Å². The molecule has 0 spiro atoms. The van der Waals surface area contributed by atoms with E-state index in [1.54, 1.807) is 48.6 Å². The Bertz CT molecular complexity index is 1020. The van der Waals surface area contributed by atoms with E-state index in [0.29, 0.717) is 6.42 Å². The SMILES string of the molecule is CC[C@H]1C=C[C@H](N)[C@H](S(=O)(=O)c2ccccc2)[C@H]1S(=O)(=O)c1ccccc1. The summed E-state index contributed by atoms with van der Waals surface area (Å²) in [4.78, 5) is 0.202. The van der Waals surface area contributed by atoms with Crippen LogP contribution in [0.5, 0.6) is 0 Å². The lowest BCUT2D eigenvalue weighted by molar-refractivity contribution is 0.463. The van der Waals surface area contributed by atoms with Gasteiger partial charge in [0.15, 0.2) is 19.7 Å². The molecular formula is C20H23NO4S2. The molecule has 5 nitrogen and oxygen atoms in total. The molecule has 0 aliphatic heterocycles. The number of hydrogen-bond acceptors (Lipinski definition) is 5. The minimum atomic E-state index is -3.95. The fourth-order valence-corrected chi connectivity index (χ4v) is 8.56. The van der Waals surface area contributed by atoms with Crippen molar-refractivity contribution in [1.82, 2.24) is 0 Å². The molecule has 1 aliphatic rings. The maximum absolute atomic E-state index is 13.4. The van der Waals surface area contributed by atoms with E-state index in [-0.39, 0.29) is 9.79 Å². The van der Waals surface area contributed by atoms with Gasteiger partial charge in [0.1, 0.15) is 5.25 Å². The molecule has 2 N–H and O–H groups in total. The Balaban J connectivity index is 2.20. The van der Waals surface area contributed by atoms with Crippen LogP contribution in [0.25, 0.3) is 0 Å². The predicted octanol–water partition coefficient (Wildman–Crippen LogP) is 2.59. The molecule has 4 atom stereocenters. The zero-order chi connectivity index (χ0) is 19.7. The lowest BCUT2D eigenvalue weighted by Crippen LogP contribution is -2.55. The lowest BCUT2D eigenvalue weighted by Gasteiger charge is -2.37. The summed E-state index contributed by atoms with van der Waals surface area (Å²) in [6.07, 6.45) is 3.87. The van der Waals surface area contributed by atoms with E-state index in [9.17, 15) is 16.8 Å². The van der Waals surface area contributed by atoms with Crippen LogP contribution >= 0.6 is 0 Å². The molecular weight excluding hydrogens is 382 g/mol. The van der Waals surface area contributed by atoms with Gasteiger partial charge in [-0.1, -0.05) is 55.5 Å². The number of rotatable bonds is 5.